The highest BCUT2D eigenvalue weighted by molar-refractivity contribution is 9.09. The molecule has 2 rings (SSSR count). The molecule has 17 heavy (non-hydrogen) atoms. The summed E-state index contributed by atoms with van der Waals surface area (Å²) in [6.45, 7) is 3.36. The number of hydrogen-bond donors (Lipinski definition) is 0. The maximum absolute atomic E-state index is 5.38. The van der Waals surface area contributed by atoms with Crippen LogP contribution in [-0.4, -0.2) is 35.4 Å². The molecule has 0 bridgehead atoms. The summed E-state index contributed by atoms with van der Waals surface area (Å²) in [6, 6.07) is 6.15. The average molecular weight is 365 g/mol. The Morgan fingerprint density at radius 3 is 2.47 bits per heavy atom. The molecule has 0 radical (unpaired) electrons. The molecule has 1 aromatic rings. The Balaban J connectivity index is 2.01. The third kappa shape index (κ3) is 3.60. The van der Waals surface area contributed by atoms with Gasteiger partial charge < -0.3 is 9.47 Å². The van der Waals surface area contributed by atoms with Gasteiger partial charge in [-0.3, -0.25) is 4.90 Å². The summed E-state index contributed by atoms with van der Waals surface area (Å²) in [5, 5.41) is 1.98. The molecule has 1 aromatic carbocycles. The summed E-state index contributed by atoms with van der Waals surface area (Å²) in [6.07, 6.45) is 0. The summed E-state index contributed by atoms with van der Waals surface area (Å²) in [5.41, 5.74) is 1.26. The minimum absolute atomic E-state index is 0.339. The molecule has 1 aliphatic rings. The van der Waals surface area contributed by atoms with Crippen LogP contribution in [0.2, 0.25) is 0 Å². The molecule has 0 N–H and O–H groups in total. The van der Waals surface area contributed by atoms with Crippen LogP contribution < -0.4 is 9.47 Å². The zero-order valence-electron chi connectivity index (χ0n) is 9.49. The van der Waals surface area contributed by atoms with Gasteiger partial charge in [0, 0.05) is 30.3 Å². The summed E-state index contributed by atoms with van der Waals surface area (Å²) in [4.78, 5) is 2.39. The van der Waals surface area contributed by atoms with Crippen molar-refractivity contribution in [2.75, 3.05) is 30.5 Å². The molecule has 0 spiro atoms. The van der Waals surface area contributed by atoms with Gasteiger partial charge in [-0.1, -0.05) is 37.9 Å². The SMILES string of the molecule is BrCCN(CCBr)Cc1ccc2c(c1)OCO2. The van der Waals surface area contributed by atoms with E-state index in [-0.39, 0.29) is 0 Å². The maximum Gasteiger partial charge on any atom is 0.231 e. The lowest BCUT2D eigenvalue weighted by Crippen LogP contribution is -2.27. The summed E-state index contributed by atoms with van der Waals surface area (Å²) < 4.78 is 10.7. The van der Waals surface area contributed by atoms with Crippen LogP contribution in [0.5, 0.6) is 11.5 Å². The fourth-order valence-corrected chi connectivity index (χ4v) is 2.81. The van der Waals surface area contributed by atoms with Crippen molar-refractivity contribution in [2.45, 2.75) is 6.54 Å². The minimum atomic E-state index is 0.339. The van der Waals surface area contributed by atoms with Gasteiger partial charge in [0.05, 0.1) is 0 Å². The average Bonchev–Trinajstić information content (AvgIpc) is 2.77. The highest BCUT2D eigenvalue weighted by Gasteiger charge is 2.14. The van der Waals surface area contributed by atoms with Crippen LogP contribution in [0, 0.1) is 0 Å². The van der Waals surface area contributed by atoms with E-state index < -0.39 is 0 Å². The number of fused-ring (bicyclic) bond motifs is 1. The van der Waals surface area contributed by atoms with E-state index in [9.17, 15) is 0 Å². The fraction of sp³-hybridized carbons (Fsp3) is 0.500. The van der Waals surface area contributed by atoms with E-state index in [1.54, 1.807) is 0 Å². The topological polar surface area (TPSA) is 21.7 Å². The van der Waals surface area contributed by atoms with Crippen molar-refractivity contribution in [3.63, 3.8) is 0 Å². The molecule has 0 amide bonds. The van der Waals surface area contributed by atoms with E-state index in [1.165, 1.54) is 5.56 Å². The third-order valence-corrected chi connectivity index (χ3v) is 3.35. The number of hydrogen-bond acceptors (Lipinski definition) is 3. The van der Waals surface area contributed by atoms with Crippen molar-refractivity contribution < 1.29 is 9.47 Å². The van der Waals surface area contributed by atoms with Crippen LogP contribution in [0.25, 0.3) is 0 Å². The largest absolute Gasteiger partial charge is 0.454 e. The van der Waals surface area contributed by atoms with E-state index in [4.69, 9.17) is 9.47 Å². The van der Waals surface area contributed by atoms with Gasteiger partial charge in [0.2, 0.25) is 6.79 Å². The molecule has 0 fully saturated rings. The summed E-state index contributed by atoms with van der Waals surface area (Å²) >= 11 is 6.96. The van der Waals surface area contributed by atoms with Crippen LogP contribution >= 0.6 is 31.9 Å². The summed E-state index contributed by atoms with van der Waals surface area (Å²) in [5.74, 6) is 1.71. The van der Waals surface area contributed by atoms with Gasteiger partial charge in [-0.15, -0.1) is 0 Å². The highest BCUT2D eigenvalue weighted by Crippen LogP contribution is 2.32. The fourth-order valence-electron chi connectivity index (χ4n) is 1.81. The van der Waals surface area contributed by atoms with Crippen LogP contribution in [0.3, 0.4) is 0 Å². The predicted octanol–water partition coefficient (Wildman–Crippen LogP) is 3.01. The Bertz CT molecular complexity index is 368. The van der Waals surface area contributed by atoms with Crippen LogP contribution in [0.1, 0.15) is 5.56 Å². The number of rotatable bonds is 6. The molecule has 0 unspecified atom stereocenters. The van der Waals surface area contributed by atoms with Crippen molar-refractivity contribution in [1.82, 2.24) is 4.90 Å². The number of ether oxygens (including phenoxy) is 2. The van der Waals surface area contributed by atoms with E-state index in [0.717, 1.165) is 41.8 Å². The van der Waals surface area contributed by atoms with Gasteiger partial charge in [-0.25, -0.2) is 0 Å². The monoisotopic (exact) mass is 363 g/mol. The van der Waals surface area contributed by atoms with Gasteiger partial charge in [-0.2, -0.15) is 0 Å². The lowest BCUT2D eigenvalue weighted by molar-refractivity contribution is 0.174. The second-order valence-electron chi connectivity index (χ2n) is 3.84. The first-order chi connectivity index (χ1) is 8.33. The predicted molar refractivity (Wildman–Crippen MR) is 75.4 cm³/mol. The lowest BCUT2D eigenvalue weighted by atomic mass is 10.2. The van der Waals surface area contributed by atoms with Crippen molar-refractivity contribution >= 4 is 31.9 Å². The molecule has 5 heteroatoms. The van der Waals surface area contributed by atoms with Crippen molar-refractivity contribution in [2.24, 2.45) is 0 Å². The molecule has 0 saturated heterocycles. The standard InChI is InChI=1S/C12H15Br2NO2/c13-3-5-15(6-4-14)8-10-1-2-11-12(7-10)17-9-16-11/h1-2,7H,3-6,8-9H2. The third-order valence-electron chi connectivity index (χ3n) is 2.64. The van der Waals surface area contributed by atoms with E-state index in [2.05, 4.69) is 48.9 Å². The van der Waals surface area contributed by atoms with Crippen LogP contribution in [0.15, 0.2) is 18.2 Å². The van der Waals surface area contributed by atoms with Crippen molar-refractivity contribution in [3.05, 3.63) is 23.8 Å². The molecule has 0 saturated carbocycles. The Morgan fingerprint density at radius 2 is 1.76 bits per heavy atom. The maximum atomic E-state index is 5.38. The molecule has 0 aliphatic carbocycles. The van der Waals surface area contributed by atoms with Gasteiger partial charge >= 0.3 is 0 Å². The van der Waals surface area contributed by atoms with Crippen LogP contribution in [-0.2, 0) is 6.54 Å². The van der Waals surface area contributed by atoms with Crippen molar-refractivity contribution in [1.29, 1.82) is 0 Å². The Labute approximate surface area is 118 Å². The molecule has 1 heterocycles. The molecule has 3 nitrogen and oxygen atoms in total. The van der Waals surface area contributed by atoms with Gasteiger partial charge in [-0.05, 0) is 17.7 Å². The molecular formula is C12H15Br2NO2. The number of halogens is 2. The van der Waals surface area contributed by atoms with Gasteiger partial charge in [0.1, 0.15) is 0 Å². The normalized spacial score (nSPS) is 13.4. The van der Waals surface area contributed by atoms with E-state index in [0.29, 0.717) is 6.79 Å². The summed E-state index contributed by atoms with van der Waals surface area (Å²) in [7, 11) is 0. The van der Waals surface area contributed by atoms with Crippen molar-refractivity contribution in [3.8, 4) is 11.5 Å². The molecular weight excluding hydrogens is 350 g/mol. The first-order valence-electron chi connectivity index (χ1n) is 5.56. The Morgan fingerprint density at radius 1 is 1.06 bits per heavy atom. The second-order valence-corrected chi connectivity index (χ2v) is 5.43. The molecule has 1 aliphatic heterocycles. The van der Waals surface area contributed by atoms with E-state index >= 15 is 0 Å². The van der Waals surface area contributed by atoms with Crippen LogP contribution in [0.4, 0.5) is 0 Å². The number of benzene rings is 1. The molecule has 0 atom stereocenters. The Hall–Kier alpha value is -0.260. The molecule has 0 aromatic heterocycles. The smallest absolute Gasteiger partial charge is 0.231 e. The van der Waals surface area contributed by atoms with Gasteiger partial charge in [0.15, 0.2) is 11.5 Å². The molecule has 94 valence electrons. The lowest BCUT2D eigenvalue weighted by Gasteiger charge is -2.20. The zero-order chi connectivity index (χ0) is 12.1. The van der Waals surface area contributed by atoms with E-state index in [1.807, 2.05) is 6.07 Å². The highest BCUT2D eigenvalue weighted by atomic mass is 79.9. The van der Waals surface area contributed by atoms with Gasteiger partial charge in [0.25, 0.3) is 0 Å². The zero-order valence-corrected chi connectivity index (χ0v) is 12.7. The number of alkyl halides is 2. The number of nitrogens with zero attached hydrogens (tertiary/aromatic N) is 1. The minimum Gasteiger partial charge on any atom is -0.454 e. The second kappa shape index (κ2) is 6.61. The first kappa shape index (κ1) is 13.2. The first-order valence-corrected chi connectivity index (χ1v) is 7.80. The Kier molecular flexibility index (Phi) is 5.13. The quantitative estimate of drug-likeness (QED) is 0.724.